The number of hydrogen-bond donors (Lipinski definition) is 1. The van der Waals surface area contributed by atoms with Crippen LogP contribution in [0.1, 0.15) is 33.3 Å². The molecule has 108 valence electrons. The summed E-state index contributed by atoms with van der Waals surface area (Å²) in [7, 11) is 0. The van der Waals surface area contributed by atoms with Gasteiger partial charge in [0.15, 0.2) is 0 Å². The first-order valence-electron chi connectivity index (χ1n) is 5.97. The lowest BCUT2D eigenvalue weighted by molar-refractivity contribution is -0.384. The Hall–Kier alpha value is -2.44. The smallest absolute Gasteiger partial charge is 0.428 e. The van der Waals surface area contributed by atoms with Gasteiger partial charge < -0.3 is 4.74 Å². The molecule has 1 aromatic carbocycles. The lowest BCUT2D eigenvalue weighted by Crippen LogP contribution is -2.30. The Bertz CT molecular complexity index is 530. The van der Waals surface area contributed by atoms with Crippen LogP contribution in [0.15, 0.2) is 29.4 Å². The highest BCUT2D eigenvalue weighted by Gasteiger charge is 2.15. The van der Waals surface area contributed by atoms with Crippen LogP contribution < -0.4 is 5.43 Å². The third-order valence-corrected chi connectivity index (χ3v) is 2.21. The molecule has 0 aliphatic rings. The van der Waals surface area contributed by atoms with E-state index in [-0.39, 0.29) is 5.69 Å². The van der Waals surface area contributed by atoms with Gasteiger partial charge in [0, 0.05) is 12.1 Å². The Morgan fingerprint density at radius 1 is 1.30 bits per heavy atom. The Kier molecular flexibility index (Phi) is 4.79. The summed E-state index contributed by atoms with van der Waals surface area (Å²) in [5.41, 5.74) is 2.86. The van der Waals surface area contributed by atoms with Crippen LogP contribution in [0.2, 0.25) is 0 Å². The molecule has 0 aliphatic heterocycles. The zero-order chi connectivity index (χ0) is 15.3. The zero-order valence-electron chi connectivity index (χ0n) is 11.8. The highest BCUT2D eigenvalue weighted by atomic mass is 16.6. The maximum absolute atomic E-state index is 11.4. The lowest BCUT2D eigenvalue weighted by Gasteiger charge is -2.18. The van der Waals surface area contributed by atoms with Crippen molar-refractivity contribution in [3.05, 3.63) is 39.9 Å². The van der Waals surface area contributed by atoms with Gasteiger partial charge in [-0.05, 0) is 45.4 Å². The third-order valence-electron chi connectivity index (χ3n) is 2.21. The Labute approximate surface area is 116 Å². The number of carbonyl (C=O) groups is 1. The van der Waals surface area contributed by atoms with Crippen molar-refractivity contribution in [1.29, 1.82) is 0 Å². The van der Waals surface area contributed by atoms with E-state index in [1.54, 1.807) is 39.8 Å². The number of nitro groups is 1. The van der Waals surface area contributed by atoms with Gasteiger partial charge in [0.2, 0.25) is 0 Å². The largest absolute Gasteiger partial charge is 0.443 e. The molecule has 0 saturated heterocycles. The molecule has 1 rings (SSSR count). The second kappa shape index (κ2) is 6.14. The van der Waals surface area contributed by atoms with E-state index in [1.807, 2.05) is 0 Å². The van der Waals surface area contributed by atoms with Gasteiger partial charge in [-0.3, -0.25) is 10.1 Å². The predicted octanol–water partition coefficient (Wildman–Crippen LogP) is 2.84. The van der Waals surface area contributed by atoms with Crippen LogP contribution in [0.3, 0.4) is 0 Å². The molecule has 1 N–H and O–H groups in total. The second-order valence-electron chi connectivity index (χ2n) is 5.11. The minimum Gasteiger partial charge on any atom is -0.443 e. The van der Waals surface area contributed by atoms with Gasteiger partial charge in [-0.2, -0.15) is 5.10 Å². The van der Waals surface area contributed by atoms with Crippen molar-refractivity contribution >= 4 is 17.5 Å². The van der Waals surface area contributed by atoms with Crippen molar-refractivity contribution in [3.63, 3.8) is 0 Å². The molecule has 1 amide bonds. The molecule has 0 saturated carbocycles. The van der Waals surface area contributed by atoms with Crippen molar-refractivity contribution in [2.45, 2.75) is 33.3 Å². The topological polar surface area (TPSA) is 93.8 Å². The highest BCUT2D eigenvalue weighted by Crippen LogP contribution is 2.12. The molecule has 0 aliphatic carbocycles. The Morgan fingerprint density at radius 2 is 1.85 bits per heavy atom. The molecule has 0 bridgehead atoms. The summed E-state index contributed by atoms with van der Waals surface area (Å²) in [6.45, 7) is 6.93. The normalized spacial score (nSPS) is 11.9. The summed E-state index contributed by atoms with van der Waals surface area (Å²) in [5.74, 6) is 0. The van der Waals surface area contributed by atoms with Gasteiger partial charge in [0.1, 0.15) is 5.60 Å². The molecule has 7 nitrogen and oxygen atoms in total. The van der Waals surface area contributed by atoms with E-state index in [1.165, 1.54) is 12.1 Å². The van der Waals surface area contributed by atoms with E-state index in [0.717, 1.165) is 0 Å². The van der Waals surface area contributed by atoms with E-state index < -0.39 is 16.6 Å². The molecule has 0 atom stereocenters. The lowest BCUT2D eigenvalue weighted by atomic mass is 10.1. The van der Waals surface area contributed by atoms with Crippen LogP contribution in [-0.4, -0.2) is 22.3 Å². The van der Waals surface area contributed by atoms with Gasteiger partial charge in [0.25, 0.3) is 5.69 Å². The minimum absolute atomic E-state index is 0.00153. The second-order valence-corrected chi connectivity index (χ2v) is 5.11. The van der Waals surface area contributed by atoms with Crippen LogP contribution >= 0.6 is 0 Å². The van der Waals surface area contributed by atoms with E-state index >= 15 is 0 Å². The third kappa shape index (κ3) is 5.05. The molecular weight excluding hydrogens is 262 g/mol. The summed E-state index contributed by atoms with van der Waals surface area (Å²) < 4.78 is 5.03. The molecule has 0 unspecified atom stereocenters. The van der Waals surface area contributed by atoms with Gasteiger partial charge in [0.05, 0.1) is 10.6 Å². The number of amides is 1. The standard InChI is InChI=1S/C13H17N3O4/c1-9(14-15-12(17)20-13(2,3)4)10-5-7-11(8-6-10)16(18)19/h5-8H,1-4H3,(H,15,17). The van der Waals surface area contributed by atoms with Gasteiger partial charge in [-0.1, -0.05) is 0 Å². The number of benzene rings is 1. The maximum Gasteiger partial charge on any atom is 0.428 e. The van der Waals surface area contributed by atoms with Crippen molar-refractivity contribution < 1.29 is 14.5 Å². The van der Waals surface area contributed by atoms with E-state index in [4.69, 9.17) is 4.74 Å². The Morgan fingerprint density at radius 3 is 2.30 bits per heavy atom. The molecular formula is C13H17N3O4. The van der Waals surface area contributed by atoms with E-state index in [0.29, 0.717) is 11.3 Å². The number of hydrogen-bond acceptors (Lipinski definition) is 5. The first-order valence-corrected chi connectivity index (χ1v) is 5.97. The quantitative estimate of drug-likeness (QED) is 0.523. The van der Waals surface area contributed by atoms with Crippen molar-refractivity contribution in [3.8, 4) is 0 Å². The molecule has 0 spiro atoms. The van der Waals surface area contributed by atoms with Crippen LogP contribution in [0.4, 0.5) is 10.5 Å². The van der Waals surface area contributed by atoms with Gasteiger partial charge in [-0.25, -0.2) is 10.2 Å². The van der Waals surface area contributed by atoms with Crippen LogP contribution in [0, 0.1) is 10.1 Å². The first-order chi connectivity index (χ1) is 9.19. The summed E-state index contributed by atoms with van der Waals surface area (Å²) in [4.78, 5) is 21.5. The summed E-state index contributed by atoms with van der Waals surface area (Å²) >= 11 is 0. The Balaban J connectivity index is 2.69. The number of nitrogens with zero attached hydrogens (tertiary/aromatic N) is 2. The van der Waals surface area contributed by atoms with Gasteiger partial charge >= 0.3 is 6.09 Å². The molecule has 0 radical (unpaired) electrons. The fourth-order valence-electron chi connectivity index (χ4n) is 1.32. The van der Waals surface area contributed by atoms with Crippen molar-refractivity contribution in [2.24, 2.45) is 5.10 Å². The zero-order valence-corrected chi connectivity index (χ0v) is 11.8. The summed E-state index contributed by atoms with van der Waals surface area (Å²) in [6, 6.07) is 5.88. The fraction of sp³-hybridized carbons (Fsp3) is 0.385. The van der Waals surface area contributed by atoms with Crippen LogP contribution in [0.5, 0.6) is 0 Å². The maximum atomic E-state index is 11.4. The molecule has 20 heavy (non-hydrogen) atoms. The number of nitrogens with one attached hydrogen (secondary N) is 1. The van der Waals surface area contributed by atoms with Crippen LogP contribution in [-0.2, 0) is 4.74 Å². The number of ether oxygens (including phenoxy) is 1. The summed E-state index contributed by atoms with van der Waals surface area (Å²) in [5, 5.41) is 14.4. The number of hydrazone groups is 1. The molecule has 0 fully saturated rings. The number of non-ortho nitro benzene ring substituents is 1. The molecule has 7 heteroatoms. The first kappa shape index (κ1) is 15.6. The monoisotopic (exact) mass is 279 g/mol. The molecule has 0 heterocycles. The highest BCUT2D eigenvalue weighted by molar-refractivity contribution is 5.99. The minimum atomic E-state index is -0.654. The average Bonchev–Trinajstić information content (AvgIpc) is 2.34. The molecule has 1 aromatic rings. The van der Waals surface area contributed by atoms with Gasteiger partial charge in [-0.15, -0.1) is 0 Å². The fourth-order valence-corrected chi connectivity index (χ4v) is 1.32. The SMILES string of the molecule is CC(=NNC(=O)OC(C)(C)C)c1ccc([N+](=O)[O-])cc1. The number of nitro benzene ring substituents is 1. The van der Waals surface area contributed by atoms with Crippen LogP contribution in [0.25, 0.3) is 0 Å². The van der Waals surface area contributed by atoms with E-state index in [2.05, 4.69) is 10.5 Å². The number of carbonyl (C=O) groups excluding carboxylic acids is 1. The van der Waals surface area contributed by atoms with E-state index in [9.17, 15) is 14.9 Å². The molecule has 0 aromatic heterocycles. The van der Waals surface area contributed by atoms with Crippen molar-refractivity contribution in [2.75, 3.05) is 0 Å². The summed E-state index contributed by atoms with van der Waals surface area (Å²) in [6.07, 6.45) is -0.654. The predicted molar refractivity (Wildman–Crippen MR) is 74.7 cm³/mol. The number of rotatable bonds is 3. The average molecular weight is 279 g/mol. The van der Waals surface area contributed by atoms with Crippen molar-refractivity contribution in [1.82, 2.24) is 5.43 Å².